The lowest BCUT2D eigenvalue weighted by Gasteiger charge is -2.18. The first-order chi connectivity index (χ1) is 12.7. The number of hydrogen-bond acceptors (Lipinski definition) is 2. The molecule has 2 rings (SSSR count). The second-order valence-electron chi connectivity index (χ2n) is 6.84. The average molecular weight is 413 g/mol. The molecule has 0 saturated carbocycles. The van der Waals surface area contributed by atoms with Crippen LogP contribution in [0.4, 0.5) is 0 Å². The fourth-order valence-electron chi connectivity index (χ4n) is 3.03. The molecule has 0 saturated heterocycles. The van der Waals surface area contributed by atoms with E-state index in [1.807, 2.05) is 48.7 Å². The predicted octanol–water partition coefficient (Wildman–Crippen LogP) is 7.63. The maximum absolute atomic E-state index is 6.33. The lowest BCUT2D eigenvalue weighted by atomic mass is 10.1. The predicted molar refractivity (Wildman–Crippen MR) is 116 cm³/mol. The van der Waals surface area contributed by atoms with Gasteiger partial charge in [0.25, 0.3) is 0 Å². The van der Waals surface area contributed by atoms with Crippen LogP contribution in [0.1, 0.15) is 63.9 Å². The molecule has 0 aliphatic heterocycles. The molecule has 1 unspecified atom stereocenters. The van der Waals surface area contributed by atoms with Crippen molar-refractivity contribution in [1.29, 1.82) is 0 Å². The molecule has 26 heavy (non-hydrogen) atoms. The van der Waals surface area contributed by atoms with Crippen molar-refractivity contribution in [2.24, 2.45) is 0 Å². The summed E-state index contributed by atoms with van der Waals surface area (Å²) in [7, 11) is 0. The molecule has 0 aliphatic rings. The van der Waals surface area contributed by atoms with Crippen LogP contribution >= 0.6 is 35.0 Å². The van der Waals surface area contributed by atoms with Crippen LogP contribution in [0.2, 0.25) is 10.0 Å². The van der Waals surface area contributed by atoms with Crippen molar-refractivity contribution in [3.63, 3.8) is 0 Å². The van der Waals surface area contributed by atoms with E-state index >= 15 is 0 Å². The van der Waals surface area contributed by atoms with Crippen LogP contribution in [0.5, 0.6) is 0 Å². The number of benzene rings is 1. The molecule has 1 aromatic carbocycles. The van der Waals surface area contributed by atoms with Crippen LogP contribution in [-0.2, 0) is 12.3 Å². The Labute approximate surface area is 172 Å². The molecule has 2 aromatic rings. The van der Waals surface area contributed by atoms with E-state index in [1.54, 1.807) is 0 Å². The van der Waals surface area contributed by atoms with Crippen molar-refractivity contribution in [1.82, 2.24) is 9.55 Å². The average Bonchev–Trinajstić information content (AvgIpc) is 3.13. The lowest BCUT2D eigenvalue weighted by Crippen LogP contribution is -2.12. The molecule has 2 nitrogen and oxygen atoms in total. The Morgan fingerprint density at radius 3 is 2.54 bits per heavy atom. The lowest BCUT2D eigenvalue weighted by molar-refractivity contribution is 0.546. The van der Waals surface area contributed by atoms with Crippen LogP contribution in [0.3, 0.4) is 0 Å². The van der Waals surface area contributed by atoms with Gasteiger partial charge < -0.3 is 4.57 Å². The van der Waals surface area contributed by atoms with Gasteiger partial charge >= 0.3 is 0 Å². The maximum Gasteiger partial charge on any atom is 0.0946 e. The summed E-state index contributed by atoms with van der Waals surface area (Å²) in [5.74, 6) is 0.922. The molecule has 0 bridgehead atoms. The van der Waals surface area contributed by atoms with Crippen LogP contribution in [-0.4, -0.2) is 14.8 Å². The first-order valence-corrected chi connectivity index (χ1v) is 11.5. The molecule has 0 fully saturated rings. The SMILES string of the molecule is CCCCCCCCCC(Cn1ccnc1)SCc1ccc(Cl)cc1Cl. The van der Waals surface area contributed by atoms with Gasteiger partial charge in [0.05, 0.1) is 6.33 Å². The molecule has 1 heterocycles. The normalized spacial score (nSPS) is 12.4. The van der Waals surface area contributed by atoms with E-state index in [4.69, 9.17) is 23.2 Å². The van der Waals surface area contributed by atoms with Crippen LogP contribution in [0, 0.1) is 0 Å². The standard InChI is InChI=1S/C21H30Cl2N2S/c1-2-3-4-5-6-7-8-9-20(15-25-13-12-24-17-25)26-16-18-10-11-19(22)14-21(18)23/h10-14,17,20H,2-9,15-16H2,1H3. The largest absolute Gasteiger partial charge is 0.336 e. The molecule has 5 heteroatoms. The van der Waals surface area contributed by atoms with Gasteiger partial charge in [0.15, 0.2) is 0 Å². The molecule has 0 radical (unpaired) electrons. The van der Waals surface area contributed by atoms with Gasteiger partial charge in [-0.2, -0.15) is 11.8 Å². The summed E-state index contributed by atoms with van der Waals surface area (Å²) in [6, 6.07) is 5.80. The number of thioether (sulfide) groups is 1. The molecule has 144 valence electrons. The first-order valence-electron chi connectivity index (χ1n) is 9.70. The van der Waals surface area contributed by atoms with Crippen molar-refractivity contribution in [3.8, 4) is 0 Å². The molecule has 0 amide bonds. The summed E-state index contributed by atoms with van der Waals surface area (Å²) in [6.45, 7) is 3.27. The topological polar surface area (TPSA) is 17.8 Å². The second-order valence-corrected chi connectivity index (χ2v) is 8.97. The van der Waals surface area contributed by atoms with E-state index in [0.29, 0.717) is 10.3 Å². The van der Waals surface area contributed by atoms with Gasteiger partial charge in [-0.3, -0.25) is 0 Å². The Bertz CT molecular complexity index is 616. The van der Waals surface area contributed by atoms with Gasteiger partial charge in [-0.25, -0.2) is 4.98 Å². The van der Waals surface area contributed by atoms with Crippen molar-refractivity contribution in [2.45, 2.75) is 75.8 Å². The summed E-state index contributed by atoms with van der Waals surface area (Å²) in [4.78, 5) is 4.17. The van der Waals surface area contributed by atoms with E-state index in [9.17, 15) is 0 Å². The zero-order valence-electron chi connectivity index (χ0n) is 15.7. The van der Waals surface area contributed by atoms with E-state index in [1.165, 1.54) is 51.4 Å². The molecule has 0 spiro atoms. The first kappa shape index (κ1) is 21.7. The summed E-state index contributed by atoms with van der Waals surface area (Å²) in [5.41, 5.74) is 1.16. The van der Waals surface area contributed by atoms with Crippen LogP contribution in [0.25, 0.3) is 0 Å². The fraction of sp³-hybridized carbons (Fsp3) is 0.571. The van der Waals surface area contributed by atoms with Crippen molar-refractivity contribution in [3.05, 3.63) is 52.5 Å². The summed E-state index contributed by atoms with van der Waals surface area (Å²) < 4.78 is 2.18. The number of nitrogens with zero attached hydrogens (tertiary/aromatic N) is 2. The number of imidazole rings is 1. The van der Waals surface area contributed by atoms with Crippen molar-refractivity contribution in [2.75, 3.05) is 0 Å². The molecule has 1 aromatic heterocycles. The van der Waals surface area contributed by atoms with Gasteiger partial charge in [0.2, 0.25) is 0 Å². The number of rotatable bonds is 13. The highest BCUT2D eigenvalue weighted by atomic mass is 35.5. The number of hydrogen-bond donors (Lipinski definition) is 0. The number of unbranched alkanes of at least 4 members (excludes halogenated alkanes) is 6. The molecule has 1 atom stereocenters. The van der Waals surface area contributed by atoms with Crippen molar-refractivity contribution < 1.29 is 0 Å². The van der Waals surface area contributed by atoms with E-state index in [0.717, 1.165) is 22.9 Å². The van der Waals surface area contributed by atoms with E-state index in [-0.39, 0.29) is 0 Å². The number of aromatic nitrogens is 2. The summed E-state index contributed by atoms with van der Waals surface area (Å²) >= 11 is 14.3. The Kier molecular flexibility index (Phi) is 10.6. The Balaban J connectivity index is 1.79. The summed E-state index contributed by atoms with van der Waals surface area (Å²) in [5, 5.41) is 2.04. The van der Waals surface area contributed by atoms with Crippen LogP contribution < -0.4 is 0 Å². The Morgan fingerprint density at radius 1 is 1.08 bits per heavy atom. The highest BCUT2D eigenvalue weighted by Gasteiger charge is 2.12. The third-order valence-corrected chi connectivity index (χ3v) is 6.51. The van der Waals surface area contributed by atoms with Gasteiger partial charge in [-0.15, -0.1) is 0 Å². The quantitative estimate of drug-likeness (QED) is 0.314. The van der Waals surface area contributed by atoms with Gasteiger partial charge in [-0.1, -0.05) is 81.1 Å². The van der Waals surface area contributed by atoms with Crippen LogP contribution in [0.15, 0.2) is 36.9 Å². The maximum atomic E-state index is 6.33. The molecule has 0 N–H and O–H groups in total. The van der Waals surface area contributed by atoms with Gasteiger partial charge in [0.1, 0.15) is 0 Å². The van der Waals surface area contributed by atoms with Gasteiger partial charge in [0, 0.05) is 40.0 Å². The Morgan fingerprint density at radius 2 is 1.85 bits per heavy atom. The zero-order chi connectivity index (χ0) is 18.6. The highest BCUT2D eigenvalue weighted by molar-refractivity contribution is 7.99. The third-order valence-electron chi connectivity index (χ3n) is 4.59. The minimum absolute atomic E-state index is 0.576. The smallest absolute Gasteiger partial charge is 0.0946 e. The molecular weight excluding hydrogens is 383 g/mol. The molecule has 0 aliphatic carbocycles. The van der Waals surface area contributed by atoms with Crippen molar-refractivity contribution >= 4 is 35.0 Å². The molecular formula is C21H30Cl2N2S. The van der Waals surface area contributed by atoms with E-state index in [2.05, 4.69) is 16.5 Å². The minimum Gasteiger partial charge on any atom is -0.336 e. The second kappa shape index (κ2) is 12.7. The zero-order valence-corrected chi connectivity index (χ0v) is 18.0. The summed E-state index contributed by atoms with van der Waals surface area (Å²) in [6.07, 6.45) is 16.5. The third kappa shape index (κ3) is 8.37. The Hall–Kier alpha value is -0.640. The highest BCUT2D eigenvalue weighted by Crippen LogP contribution is 2.29. The van der Waals surface area contributed by atoms with E-state index < -0.39 is 0 Å². The monoisotopic (exact) mass is 412 g/mol. The number of halogens is 2. The fourth-order valence-corrected chi connectivity index (χ4v) is 4.87. The minimum atomic E-state index is 0.576. The van der Waals surface area contributed by atoms with Gasteiger partial charge in [-0.05, 0) is 24.1 Å².